The first-order chi connectivity index (χ1) is 8.06. The quantitative estimate of drug-likeness (QED) is 0.850. The first-order valence-corrected chi connectivity index (χ1v) is 5.64. The smallest absolute Gasteiger partial charge is 0.154 e. The molecule has 0 aliphatic carbocycles. The lowest BCUT2D eigenvalue weighted by atomic mass is 10.0. The number of carbonyl (C=O) groups excluding carboxylic acids is 1. The Balaban J connectivity index is 2.64. The summed E-state index contributed by atoms with van der Waals surface area (Å²) in [6.45, 7) is 0.408. The predicted octanol–water partition coefficient (Wildman–Crippen LogP) is 1.95. The summed E-state index contributed by atoms with van der Waals surface area (Å²) in [5, 5.41) is 0.0146. The molecule has 94 valence electrons. The van der Waals surface area contributed by atoms with Gasteiger partial charge in [0, 0.05) is 20.1 Å². The summed E-state index contributed by atoms with van der Waals surface area (Å²) in [6.07, 6.45) is 0.384. The largest absolute Gasteiger partial charge is 0.385 e. The van der Waals surface area contributed by atoms with E-state index in [1.807, 2.05) is 0 Å². The number of ether oxygens (including phenoxy) is 1. The Bertz CT molecular complexity index is 398. The summed E-state index contributed by atoms with van der Waals surface area (Å²) in [5.41, 5.74) is 5.93. The minimum absolute atomic E-state index is 0.0146. The minimum Gasteiger partial charge on any atom is -0.385 e. The van der Waals surface area contributed by atoms with Crippen LogP contribution in [0, 0.1) is 5.82 Å². The van der Waals surface area contributed by atoms with Crippen LogP contribution in [0.5, 0.6) is 0 Å². The van der Waals surface area contributed by atoms with Gasteiger partial charge >= 0.3 is 0 Å². The molecule has 17 heavy (non-hydrogen) atoms. The summed E-state index contributed by atoms with van der Waals surface area (Å²) >= 11 is 5.62. The monoisotopic (exact) mass is 259 g/mol. The number of halogens is 2. The summed E-state index contributed by atoms with van der Waals surface area (Å²) in [6, 6.07) is 3.94. The number of methoxy groups -OCH3 is 1. The molecule has 0 aliphatic rings. The van der Waals surface area contributed by atoms with E-state index in [9.17, 15) is 9.18 Å². The van der Waals surface area contributed by atoms with E-state index in [0.29, 0.717) is 13.0 Å². The molecule has 0 spiro atoms. The second-order valence-corrected chi connectivity index (χ2v) is 4.15. The second kappa shape index (κ2) is 6.69. The Hall–Kier alpha value is -0.970. The molecule has 0 saturated heterocycles. The molecular weight excluding hydrogens is 245 g/mol. The summed E-state index contributed by atoms with van der Waals surface area (Å²) < 4.78 is 18.4. The van der Waals surface area contributed by atoms with Crippen LogP contribution in [0.2, 0.25) is 5.02 Å². The molecule has 3 nitrogen and oxygen atoms in total. The van der Waals surface area contributed by atoms with Crippen molar-refractivity contribution in [2.24, 2.45) is 5.73 Å². The van der Waals surface area contributed by atoms with Crippen LogP contribution in [0.1, 0.15) is 12.0 Å². The SMILES string of the molecule is COCCC(N)C(=O)Cc1cccc(Cl)c1F. The highest BCUT2D eigenvalue weighted by atomic mass is 35.5. The van der Waals surface area contributed by atoms with E-state index < -0.39 is 11.9 Å². The standard InChI is InChI=1S/C12H15ClFNO2/c1-17-6-5-10(15)11(16)7-8-3-2-4-9(13)12(8)14/h2-4,10H,5-7,15H2,1H3. The van der Waals surface area contributed by atoms with Crippen LogP contribution in [-0.4, -0.2) is 25.5 Å². The number of Topliss-reactive ketones (excluding diaryl/α,β-unsaturated/α-hetero) is 1. The van der Waals surface area contributed by atoms with Crippen LogP contribution in [0.15, 0.2) is 18.2 Å². The number of rotatable bonds is 6. The van der Waals surface area contributed by atoms with Gasteiger partial charge in [-0.15, -0.1) is 0 Å². The van der Waals surface area contributed by atoms with Crippen molar-refractivity contribution in [1.82, 2.24) is 0 Å². The van der Waals surface area contributed by atoms with Crippen LogP contribution in [0.3, 0.4) is 0 Å². The van der Waals surface area contributed by atoms with E-state index in [1.54, 1.807) is 6.07 Å². The highest BCUT2D eigenvalue weighted by Crippen LogP contribution is 2.18. The Labute approximate surface area is 105 Å². The van der Waals surface area contributed by atoms with E-state index in [-0.39, 0.29) is 22.8 Å². The van der Waals surface area contributed by atoms with Gasteiger partial charge in [0.25, 0.3) is 0 Å². The highest BCUT2D eigenvalue weighted by Gasteiger charge is 2.16. The van der Waals surface area contributed by atoms with Gasteiger partial charge in [-0.2, -0.15) is 0 Å². The average Bonchev–Trinajstić information content (AvgIpc) is 2.31. The Kier molecular flexibility index (Phi) is 5.55. The normalized spacial score (nSPS) is 12.5. The molecule has 1 unspecified atom stereocenters. The number of benzene rings is 1. The molecule has 0 aromatic heterocycles. The van der Waals surface area contributed by atoms with Crippen molar-refractivity contribution >= 4 is 17.4 Å². The van der Waals surface area contributed by atoms with Crippen molar-refractivity contribution in [2.45, 2.75) is 18.9 Å². The lowest BCUT2D eigenvalue weighted by Crippen LogP contribution is -2.33. The van der Waals surface area contributed by atoms with E-state index in [2.05, 4.69) is 0 Å². The zero-order chi connectivity index (χ0) is 12.8. The Morgan fingerprint density at radius 3 is 2.94 bits per heavy atom. The molecule has 0 heterocycles. The maximum atomic E-state index is 13.5. The molecule has 0 bridgehead atoms. The molecule has 0 amide bonds. The third-order valence-corrected chi connectivity index (χ3v) is 2.73. The molecule has 5 heteroatoms. The molecule has 2 N–H and O–H groups in total. The van der Waals surface area contributed by atoms with Gasteiger partial charge in [-0.05, 0) is 18.1 Å². The zero-order valence-electron chi connectivity index (χ0n) is 9.58. The van der Waals surface area contributed by atoms with E-state index in [0.717, 1.165) is 0 Å². The number of hydrogen-bond donors (Lipinski definition) is 1. The van der Waals surface area contributed by atoms with Gasteiger partial charge in [-0.3, -0.25) is 4.79 Å². The number of ketones is 1. The van der Waals surface area contributed by atoms with Crippen LogP contribution in [-0.2, 0) is 16.0 Å². The highest BCUT2D eigenvalue weighted by molar-refractivity contribution is 6.30. The summed E-state index contributed by atoms with van der Waals surface area (Å²) in [5.74, 6) is -0.773. The molecule has 0 fully saturated rings. The predicted molar refractivity (Wildman–Crippen MR) is 64.6 cm³/mol. The van der Waals surface area contributed by atoms with Gasteiger partial charge in [0.05, 0.1) is 11.1 Å². The third kappa shape index (κ3) is 4.07. The van der Waals surface area contributed by atoms with Gasteiger partial charge < -0.3 is 10.5 Å². The number of nitrogens with two attached hydrogens (primary N) is 1. The van der Waals surface area contributed by atoms with Gasteiger partial charge in [-0.25, -0.2) is 4.39 Å². The Morgan fingerprint density at radius 1 is 1.59 bits per heavy atom. The lowest BCUT2D eigenvalue weighted by Gasteiger charge is -2.10. The van der Waals surface area contributed by atoms with E-state index in [4.69, 9.17) is 22.1 Å². The first kappa shape index (κ1) is 14.1. The van der Waals surface area contributed by atoms with Crippen LogP contribution >= 0.6 is 11.6 Å². The van der Waals surface area contributed by atoms with Crippen molar-refractivity contribution < 1.29 is 13.9 Å². The van der Waals surface area contributed by atoms with Gasteiger partial charge in [0.1, 0.15) is 5.82 Å². The zero-order valence-corrected chi connectivity index (χ0v) is 10.3. The maximum absolute atomic E-state index is 13.5. The van der Waals surface area contributed by atoms with E-state index >= 15 is 0 Å². The fraction of sp³-hybridized carbons (Fsp3) is 0.417. The molecule has 1 rings (SSSR count). The van der Waals surface area contributed by atoms with Crippen molar-refractivity contribution in [2.75, 3.05) is 13.7 Å². The molecule has 0 saturated carbocycles. The number of carbonyl (C=O) groups is 1. The fourth-order valence-electron chi connectivity index (χ4n) is 1.41. The number of hydrogen-bond acceptors (Lipinski definition) is 3. The van der Waals surface area contributed by atoms with Crippen LogP contribution < -0.4 is 5.73 Å². The average molecular weight is 260 g/mol. The summed E-state index contributed by atoms with van der Waals surface area (Å²) in [7, 11) is 1.54. The molecular formula is C12H15ClFNO2. The second-order valence-electron chi connectivity index (χ2n) is 3.74. The van der Waals surface area contributed by atoms with Gasteiger partial charge in [-0.1, -0.05) is 23.7 Å². The molecule has 1 aromatic carbocycles. The van der Waals surface area contributed by atoms with Crippen LogP contribution in [0.4, 0.5) is 4.39 Å². The third-order valence-electron chi connectivity index (χ3n) is 2.44. The van der Waals surface area contributed by atoms with Gasteiger partial charge in [0.2, 0.25) is 0 Å². The molecule has 0 radical (unpaired) electrons. The first-order valence-electron chi connectivity index (χ1n) is 5.26. The van der Waals surface area contributed by atoms with Crippen molar-refractivity contribution in [3.63, 3.8) is 0 Å². The minimum atomic E-state index is -0.631. The maximum Gasteiger partial charge on any atom is 0.154 e. The fourth-order valence-corrected chi connectivity index (χ4v) is 1.60. The van der Waals surface area contributed by atoms with E-state index in [1.165, 1.54) is 19.2 Å². The van der Waals surface area contributed by atoms with Crippen molar-refractivity contribution in [3.8, 4) is 0 Å². The summed E-state index contributed by atoms with van der Waals surface area (Å²) in [4.78, 5) is 11.7. The molecule has 1 atom stereocenters. The Morgan fingerprint density at radius 2 is 2.29 bits per heavy atom. The lowest BCUT2D eigenvalue weighted by molar-refractivity contribution is -0.120. The van der Waals surface area contributed by atoms with Crippen molar-refractivity contribution in [1.29, 1.82) is 0 Å². The van der Waals surface area contributed by atoms with Gasteiger partial charge in [0.15, 0.2) is 5.78 Å². The van der Waals surface area contributed by atoms with Crippen LogP contribution in [0.25, 0.3) is 0 Å². The van der Waals surface area contributed by atoms with Crippen molar-refractivity contribution in [3.05, 3.63) is 34.6 Å². The topological polar surface area (TPSA) is 52.3 Å². The molecule has 0 aliphatic heterocycles. The molecule has 1 aromatic rings.